The van der Waals surface area contributed by atoms with Crippen molar-refractivity contribution in [3.8, 4) is 0 Å². The van der Waals surface area contributed by atoms with Gasteiger partial charge in [0.1, 0.15) is 5.69 Å². The normalized spacial score (nSPS) is 16.2. The summed E-state index contributed by atoms with van der Waals surface area (Å²) in [5.41, 5.74) is 1.57. The summed E-state index contributed by atoms with van der Waals surface area (Å²) in [7, 11) is 1.65. The van der Waals surface area contributed by atoms with E-state index in [1.54, 1.807) is 12.0 Å². The summed E-state index contributed by atoms with van der Waals surface area (Å²) in [6.07, 6.45) is 4.14. The first-order valence-electron chi connectivity index (χ1n) is 9.93. The van der Waals surface area contributed by atoms with Crippen molar-refractivity contribution >= 4 is 18.3 Å². The maximum absolute atomic E-state index is 13.1. The van der Waals surface area contributed by atoms with E-state index in [2.05, 4.69) is 10.4 Å². The van der Waals surface area contributed by atoms with Crippen LogP contribution >= 0.6 is 12.4 Å². The van der Waals surface area contributed by atoms with Crippen LogP contribution in [0.15, 0.2) is 42.6 Å². The number of aromatic nitrogens is 2. The topological polar surface area (TPSA) is 68.6 Å². The fourth-order valence-corrected chi connectivity index (χ4v) is 3.35. The number of amides is 1. The standard InChI is InChI=1S/C21H30N4O3.ClH/c1-27-14-15-28-13-12-24(17-18-6-3-2-4-7-18)21(26)20-9-11-25(23-20)19-8-5-10-22-16-19;/h2-4,6-7,9,11,19,22H,5,8,10,12-17H2,1H3;1H. The highest BCUT2D eigenvalue weighted by Crippen LogP contribution is 2.17. The first-order chi connectivity index (χ1) is 13.8. The highest BCUT2D eigenvalue weighted by molar-refractivity contribution is 5.92. The predicted molar refractivity (Wildman–Crippen MR) is 114 cm³/mol. The van der Waals surface area contributed by atoms with Crippen LogP contribution in [0.5, 0.6) is 0 Å². The largest absolute Gasteiger partial charge is 0.382 e. The van der Waals surface area contributed by atoms with Gasteiger partial charge in [0.15, 0.2) is 0 Å². The minimum atomic E-state index is -0.0679. The Labute approximate surface area is 178 Å². The van der Waals surface area contributed by atoms with Gasteiger partial charge in [0, 0.05) is 32.9 Å². The number of benzene rings is 1. The van der Waals surface area contributed by atoms with Gasteiger partial charge < -0.3 is 19.7 Å². The number of carbonyl (C=O) groups excluding carboxylic acids is 1. The zero-order chi connectivity index (χ0) is 19.6. The molecule has 1 aliphatic heterocycles. The van der Waals surface area contributed by atoms with Crippen LogP contribution < -0.4 is 5.32 Å². The van der Waals surface area contributed by atoms with E-state index in [0.29, 0.717) is 44.6 Å². The van der Waals surface area contributed by atoms with E-state index >= 15 is 0 Å². The molecule has 2 aromatic rings. The molecule has 1 saturated heterocycles. The third kappa shape index (κ3) is 7.12. The van der Waals surface area contributed by atoms with E-state index in [9.17, 15) is 4.79 Å². The average molecular weight is 423 g/mol. The fraction of sp³-hybridized carbons (Fsp3) is 0.524. The summed E-state index contributed by atoms with van der Waals surface area (Å²) in [6, 6.07) is 12.1. The lowest BCUT2D eigenvalue weighted by atomic mass is 10.1. The Kier molecular flexibility index (Phi) is 10.1. The number of ether oxygens (including phenoxy) is 2. The van der Waals surface area contributed by atoms with Crippen LogP contribution in [0.4, 0.5) is 0 Å². The zero-order valence-electron chi connectivity index (χ0n) is 17.0. The second-order valence-electron chi connectivity index (χ2n) is 7.00. The van der Waals surface area contributed by atoms with Gasteiger partial charge in [0.2, 0.25) is 0 Å². The number of hydrogen-bond acceptors (Lipinski definition) is 5. The summed E-state index contributed by atoms with van der Waals surface area (Å²) in [4.78, 5) is 14.9. The molecule has 29 heavy (non-hydrogen) atoms. The molecule has 160 valence electrons. The lowest BCUT2D eigenvalue weighted by molar-refractivity contribution is 0.0473. The van der Waals surface area contributed by atoms with Gasteiger partial charge in [-0.05, 0) is 31.0 Å². The smallest absolute Gasteiger partial charge is 0.274 e. The Hall–Kier alpha value is -1.93. The van der Waals surface area contributed by atoms with Crippen molar-refractivity contribution < 1.29 is 14.3 Å². The van der Waals surface area contributed by atoms with E-state index in [0.717, 1.165) is 31.5 Å². The molecule has 1 N–H and O–H groups in total. The molecule has 0 radical (unpaired) electrons. The summed E-state index contributed by atoms with van der Waals surface area (Å²) in [5, 5.41) is 7.97. The number of methoxy groups -OCH3 is 1. The summed E-state index contributed by atoms with van der Waals surface area (Å²) in [6.45, 7) is 4.53. The first-order valence-corrected chi connectivity index (χ1v) is 9.93. The predicted octanol–water partition coefficient (Wildman–Crippen LogP) is 2.53. The summed E-state index contributed by atoms with van der Waals surface area (Å²) < 4.78 is 12.5. The van der Waals surface area contributed by atoms with Crippen LogP contribution in [0.3, 0.4) is 0 Å². The number of piperidine rings is 1. The lowest BCUT2D eigenvalue weighted by Gasteiger charge is -2.23. The van der Waals surface area contributed by atoms with Crippen molar-refractivity contribution in [1.82, 2.24) is 20.0 Å². The average Bonchev–Trinajstić information content (AvgIpc) is 3.24. The zero-order valence-corrected chi connectivity index (χ0v) is 17.8. The molecule has 0 aliphatic carbocycles. The number of hydrogen-bond donors (Lipinski definition) is 1. The molecule has 2 heterocycles. The van der Waals surface area contributed by atoms with Gasteiger partial charge in [-0.3, -0.25) is 9.48 Å². The number of nitrogens with one attached hydrogen (secondary N) is 1. The molecule has 0 spiro atoms. The molecule has 3 rings (SSSR count). The maximum atomic E-state index is 13.1. The monoisotopic (exact) mass is 422 g/mol. The molecule has 8 heteroatoms. The fourth-order valence-electron chi connectivity index (χ4n) is 3.35. The van der Waals surface area contributed by atoms with E-state index < -0.39 is 0 Å². The molecular formula is C21H31ClN4O3. The third-order valence-corrected chi connectivity index (χ3v) is 4.91. The van der Waals surface area contributed by atoms with Crippen LogP contribution in [-0.2, 0) is 16.0 Å². The minimum absolute atomic E-state index is 0. The van der Waals surface area contributed by atoms with Crippen LogP contribution in [-0.4, -0.2) is 67.2 Å². The molecule has 1 aliphatic rings. The highest BCUT2D eigenvalue weighted by Gasteiger charge is 2.21. The van der Waals surface area contributed by atoms with Crippen molar-refractivity contribution in [2.24, 2.45) is 0 Å². The molecule has 1 aromatic heterocycles. The SMILES string of the molecule is COCCOCCN(Cc1ccccc1)C(=O)c1ccn(C2CCCNC2)n1.Cl. The Bertz CT molecular complexity index is 720. The van der Waals surface area contributed by atoms with Crippen molar-refractivity contribution in [3.63, 3.8) is 0 Å². The van der Waals surface area contributed by atoms with Crippen LogP contribution in [0.2, 0.25) is 0 Å². The van der Waals surface area contributed by atoms with Crippen molar-refractivity contribution in [1.29, 1.82) is 0 Å². The second-order valence-corrected chi connectivity index (χ2v) is 7.00. The van der Waals surface area contributed by atoms with Gasteiger partial charge in [-0.1, -0.05) is 30.3 Å². The Balaban J connectivity index is 0.00000300. The van der Waals surface area contributed by atoms with Gasteiger partial charge in [0.05, 0.1) is 25.9 Å². The van der Waals surface area contributed by atoms with Gasteiger partial charge in [0.25, 0.3) is 5.91 Å². The molecule has 0 saturated carbocycles. The third-order valence-electron chi connectivity index (χ3n) is 4.91. The second kappa shape index (κ2) is 12.6. The van der Waals surface area contributed by atoms with Gasteiger partial charge in [-0.2, -0.15) is 5.10 Å². The summed E-state index contributed by atoms with van der Waals surface area (Å²) >= 11 is 0. The molecule has 1 atom stereocenters. The van der Waals surface area contributed by atoms with Gasteiger partial charge in [-0.25, -0.2) is 0 Å². The molecule has 1 aromatic carbocycles. The first kappa shape index (κ1) is 23.3. The van der Waals surface area contributed by atoms with Crippen LogP contribution in [0.25, 0.3) is 0 Å². The summed E-state index contributed by atoms with van der Waals surface area (Å²) in [5.74, 6) is -0.0679. The van der Waals surface area contributed by atoms with E-state index in [1.165, 1.54) is 0 Å². The Morgan fingerprint density at radius 3 is 2.79 bits per heavy atom. The number of carbonyl (C=O) groups is 1. The quantitative estimate of drug-likeness (QED) is 0.596. The van der Waals surface area contributed by atoms with Crippen LogP contribution in [0.1, 0.15) is 34.9 Å². The van der Waals surface area contributed by atoms with E-state index in [-0.39, 0.29) is 18.3 Å². The van der Waals surface area contributed by atoms with E-state index in [4.69, 9.17) is 9.47 Å². The van der Waals surface area contributed by atoms with Crippen molar-refractivity contribution in [2.75, 3.05) is 46.6 Å². The number of rotatable bonds is 10. The van der Waals surface area contributed by atoms with Gasteiger partial charge >= 0.3 is 0 Å². The molecular weight excluding hydrogens is 392 g/mol. The highest BCUT2D eigenvalue weighted by atomic mass is 35.5. The minimum Gasteiger partial charge on any atom is -0.382 e. The number of nitrogens with zero attached hydrogens (tertiary/aromatic N) is 3. The molecule has 0 bridgehead atoms. The molecule has 1 amide bonds. The van der Waals surface area contributed by atoms with E-state index in [1.807, 2.05) is 47.3 Å². The Morgan fingerprint density at radius 1 is 1.24 bits per heavy atom. The molecule has 1 fully saturated rings. The molecule has 7 nitrogen and oxygen atoms in total. The van der Waals surface area contributed by atoms with Crippen LogP contribution in [0, 0.1) is 0 Å². The van der Waals surface area contributed by atoms with Gasteiger partial charge in [-0.15, -0.1) is 12.4 Å². The molecule has 1 unspecified atom stereocenters. The maximum Gasteiger partial charge on any atom is 0.274 e. The number of halogens is 1. The van der Waals surface area contributed by atoms with Crippen molar-refractivity contribution in [2.45, 2.75) is 25.4 Å². The Morgan fingerprint density at radius 2 is 2.07 bits per heavy atom. The lowest BCUT2D eigenvalue weighted by Crippen LogP contribution is -2.35. The van der Waals surface area contributed by atoms with Crippen molar-refractivity contribution in [3.05, 3.63) is 53.9 Å².